The second-order valence-electron chi connectivity index (χ2n) is 3.33. The monoisotopic (exact) mass is 275 g/mol. The highest BCUT2D eigenvalue weighted by atomic mass is 79.9. The number of halogens is 1. The minimum atomic E-state index is 0.634. The first kappa shape index (κ1) is 10.9. The quantitative estimate of drug-likeness (QED) is 0.845. The van der Waals surface area contributed by atoms with Crippen molar-refractivity contribution in [3.8, 4) is 11.8 Å². The van der Waals surface area contributed by atoms with Crippen LogP contribution in [0.4, 0.5) is 0 Å². The molecule has 0 amide bonds. The third-order valence-electron chi connectivity index (χ3n) is 2.42. The number of aromatic nitrogens is 2. The number of nitrogens with zero attached hydrogens (tertiary/aromatic N) is 3. The molecule has 0 spiro atoms. The lowest BCUT2D eigenvalue weighted by atomic mass is 10.3. The molecule has 2 aromatic heterocycles. The Kier molecular flexibility index (Phi) is 3.07. The summed E-state index contributed by atoms with van der Waals surface area (Å²) in [6.45, 7) is 2.07. The van der Waals surface area contributed by atoms with E-state index in [0.717, 1.165) is 22.3 Å². The van der Waals surface area contributed by atoms with Crippen LogP contribution >= 0.6 is 15.9 Å². The maximum atomic E-state index is 9.11. The molecule has 0 aliphatic heterocycles. The molecule has 0 bridgehead atoms. The number of rotatable bonds is 2. The predicted molar refractivity (Wildman–Crippen MR) is 65.4 cm³/mol. The molecule has 0 aromatic carbocycles. The molecule has 4 heteroatoms. The van der Waals surface area contributed by atoms with Crippen LogP contribution in [0.3, 0.4) is 0 Å². The van der Waals surface area contributed by atoms with Gasteiger partial charge in [-0.2, -0.15) is 5.26 Å². The summed E-state index contributed by atoms with van der Waals surface area (Å²) in [6, 6.07) is 7.84. The second kappa shape index (κ2) is 4.50. The predicted octanol–water partition coefficient (Wildman–Crippen LogP) is 3.07. The Bertz CT molecular complexity index is 537. The Hall–Kier alpha value is -1.60. The lowest BCUT2D eigenvalue weighted by molar-refractivity contribution is 0.916. The van der Waals surface area contributed by atoms with Crippen molar-refractivity contribution in [2.45, 2.75) is 13.3 Å². The van der Waals surface area contributed by atoms with Gasteiger partial charge in [0.25, 0.3) is 0 Å². The van der Waals surface area contributed by atoms with Gasteiger partial charge in [0.15, 0.2) is 0 Å². The number of pyridine rings is 1. The molecule has 0 saturated carbocycles. The summed E-state index contributed by atoms with van der Waals surface area (Å²) < 4.78 is 2.93. The Morgan fingerprint density at radius 3 is 2.69 bits per heavy atom. The highest BCUT2D eigenvalue weighted by molar-refractivity contribution is 9.10. The number of hydrogen-bond donors (Lipinski definition) is 0. The molecule has 0 fully saturated rings. The molecule has 3 nitrogen and oxygen atoms in total. The fourth-order valence-electron chi connectivity index (χ4n) is 1.72. The molecule has 16 heavy (non-hydrogen) atoms. The molecule has 2 rings (SSSR count). The molecule has 0 atom stereocenters. The van der Waals surface area contributed by atoms with Crippen LogP contribution in [0, 0.1) is 11.3 Å². The van der Waals surface area contributed by atoms with Gasteiger partial charge in [0.2, 0.25) is 0 Å². The molecule has 2 aromatic rings. The zero-order valence-corrected chi connectivity index (χ0v) is 10.4. The van der Waals surface area contributed by atoms with Gasteiger partial charge in [0.1, 0.15) is 11.8 Å². The molecule has 0 radical (unpaired) electrons. The van der Waals surface area contributed by atoms with E-state index in [1.807, 2.05) is 22.8 Å². The van der Waals surface area contributed by atoms with E-state index >= 15 is 0 Å². The zero-order chi connectivity index (χ0) is 11.5. The maximum Gasteiger partial charge on any atom is 0.126 e. The Morgan fingerprint density at radius 1 is 1.44 bits per heavy atom. The Labute approximate surface area is 102 Å². The van der Waals surface area contributed by atoms with E-state index in [0.29, 0.717) is 5.69 Å². The van der Waals surface area contributed by atoms with Gasteiger partial charge >= 0.3 is 0 Å². The van der Waals surface area contributed by atoms with Crippen molar-refractivity contribution >= 4 is 15.9 Å². The van der Waals surface area contributed by atoms with Crippen molar-refractivity contribution in [2.75, 3.05) is 0 Å². The van der Waals surface area contributed by atoms with E-state index in [9.17, 15) is 0 Å². The normalized spacial score (nSPS) is 10.1. The molecule has 0 saturated heterocycles. The van der Waals surface area contributed by atoms with Crippen molar-refractivity contribution in [1.29, 1.82) is 5.26 Å². The highest BCUT2D eigenvalue weighted by Gasteiger charge is 2.12. The minimum Gasteiger partial charge on any atom is -0.304 e. The molecule has 0 unspecified atom stereocenters. The van der Waals surface area contributed by atoms with Crippen LogP contribution in [0.1, 0.15) is 18.3 Å². The summed E-state index contributed by atoms with van der Waals surface area (Å²) in [4.78, 5) is 3.98. The average molecular weight is 276 g/mol. The van der Waals surface area contributed by atoms with Gasteiger partial charge in [0.05, 0.1) is 0 Å². The summed E-state index contributed by atoms with van der Waals surface area (Å²) in [5.74, 6) is 0. The van der Waals surface area contributed by atoms with Gasteiger partial charge in [-0.15, -0.1) is 0 Å². The minimum absolute atomic E-state index is 0.634. The molecule has 0 aliphatic carbocycles. The summed E-state index contributed by atoms with van der Waals surface area (Å²) >= 11 is 3.48. The highest BCUT2D eigenvalue weighted by Crippen LogP contribution is 2.25. The number of hydrogen-bond acceptors (Lipinski definition) is 2. The van der Waals surface area contributed by atoms with Crippen LogP contribution in [-0.2, 0) is 6.42 Å². The average Bonchev–Trinajstić information content (AvgIpc) is 2.66. The lowest BCUT2D eigenvalue weighted by Gasteiger charge is -2.08. The number of nitriles is 1. The third kappa shape index (κ3) is 1.74. The third-order valence-corrected chi connectivity index (χ3v) is 3.11. The van der Waals surface area contributed by atoms with E-state index < -0.39 is 0 Å². The molecule has 2 heterocycles. The van der Waals surface area contributed by atoms with Crippen molar-refractivity contribution in [3.05, 3.63) is 46.5 Å². The lowest BCUT2D eigenvalue weighted by Crippen LogP contribution is -2.01. The van der Waals surface area contributed by atoms with Crippen LogP contribution in [0.2, 0.25) is 0 Å². The molecular weight excluding hydrogens is 266 g/mol. The van der Waals surface area contributed by atoms with Crippen molar-refractivity contribution in [3.63, 3.8) is 0 Å². The van der Waals surface area contributed by atoms with Gasteiger partial charge in [-0.3, -0.25) is 4.98 Å². The molecule has 80 valence electrons. The fraction of sp³-hybridized carbons (Fsp3) is 0.167. The summed E-state index contributed by atoms with van der Waals surface area (Å²) in [5, 5.41) is 9.11. The maximum absolute atomic E-state index is 9.11. The zero-order valence-electron chi connectivity index (χ0n) is 8.81. The van der Waals surface area contributed by atoms with E-state index in [-0.39, 0.29) is 0 Å². The first-order valence-electron chi connectivity index (χ1n) is 4.98. The van der Waals surface area contributed by atoms with Gasteiger partial charge in [0, 0.05) is 28.2 Å². The van der Waals surface area contributed by atoms with E-state index in [1.165, 1.54) is 0 Å². The van der Waals surface area contributed by atoms with Gasteiger partial charge in [-0.05, 0) is 40.5 Å². The van der Waals surface area contributed by atoms with Crippen LogP contribution < -0.4 is 0 Å². The van der Waals surface area contributed by atoms with Crippen LogP contribution in [-0.4, -0.2) is 9.55 Å². The van der Waals surface area contributed by atoms with Crippen molar-refractivity contribution < 1.29 is 0 Å². The van der Waals surface area contributed by atoms with E-state index in [4.69, 9.17) is 5.26 Å². The smallest absolute Gasteiger partial charge is 0.126 e. The second-order valence-corrected chi connectivity index (χ2v) is 4.18. The van der Waals surface area contributed by atoms with Crippen LogP contribution in [0.5, 0.6) is 0 Å². The van der Waals surface area contributed by atoms with Crippen LogP contribution in [0.15, 0.2) is 35.1 Å². The first-order valence-corrected chi connectivity index (χ1v) is 5.77. The molecule has 0 N–H and O–H groups in total. The summed E-state index contributed by atoms with van der Waals surface area (Å²) in [7, 11) is 0. The summed E-state index contributed by atoms with van der Waals surface area (Å²) in [6.07, 6.45) is 4.32. The largest absolute Gasteiger partial charge is 0.304 e. The van der Waals surface area contributed by atoms with Crippen molar-refractivity contribution in [1.82, 2.24) is 9.55 Å². The molecular formula is C12H10BrN3. The Morgan fingerprint density at radius 2 is 2.12 bits per heavy atom. The fourth-order valence-corrected chi connectivity index (χ4v) is 2.39. The Balaban J connectivity index is 2.68. The van der Waals surface area contributed by atoms with Gasteiger partial charge < -0.3 is 4.57 Å². The van der Waals surface area contributed by atoms with E-state index in [1.54, 1.807) is 12.4 Å². The van der Waals surface area contributed by atoms with Crippen LogP contribution in [0.25, 0.3) is 5.69 Å². The van der Waals surface area contributed by atoms with Crippen molar-refractivity contribution in [2.24, 2.45) is 0 Å². The molecule has 0 aliphatic rings. The SMILES string of the molecule is CCc1c(Br)cc(C#N)n1-c1ccncc1. The topological polar surface area (TPSA) is 41.6 Å². The van der Waals surface area contributed by atoms with Gasteiger partial charge in [-0.1, -0.05) is 6.92 Å². The van der Waals surface area contributed by atoms with Gasteiger partial charge in [-0.25, -0.2) is 0 Å². The van der Waals surface area contributed by atoms with E-state index in [2.05, 4.69) is 33.9 Å². The first-order chi connectivity index (χ1) is 7.77. The standard InChI is InChI=1S/C12H10BrN3/c1-2-12-11(13)7-10(8-14)16(12)9-3-5-15-6-4-9/h3-7H,2H2,1H3. The summed E-state index contributed by atoms with van der Waals surface area (Å²) in [5.41, 5.74) is 2.70.